The molecular formula is C21H25N3O2. The van der Waals surface area contributed by atoms with E-state index in [1.54, 1.807) is 4.90 Å². The minimum atomic E-state index is -0.154. The van der Waals surface area contributed by atoms with Gasteiger partial charge in [-0.1, -0.05) is 42.0 Å². The molecule has 2 N–H and O–H groups in total. The Hall–Kier alpha value is -2.82. The van der Waals surface area contributed by atoms with Crippen molar-refractivity contribution in [2.75, 3.05) is 25.0 Å². The second kappa shape index (κ2) is 8.04. The van der Waals surface area contributed by atoms with Gasteiger partial charge in [-0.2, -0.15) is 0 Å². The molecule has 1 aliphatic rings. The highest BCUT2D eigenvalue weighted by molar-refractivity contribution is 5.91. The number of hydrogen-bond donors (Lipinski definition) is 2. The van der Waals surface area contributed by atoms with Gasteiger partial charge in [0.05, 0.1) is 5.92 Å². The van der Waals surface area contributed by atoms with E-state index in [2.05, 4.69) is 35.8 Å². The number of aryl methyl sites for hydroxylation is 1. The number of anilines is 1. The zero-order valence-electron chi connectivity index (χ0n) is 15.3. The summed E-state index contributed by atoms with van der Waals surface area (Å²) >= 11 is 0. The Morgan fingerprint density at radius 1 is 1.12 bits per heavy atom. The van der Waals surface area contributed by atoms with Crippen LogP contribution in [0, 0.1) is 12.8 Å². The molecule has 26 heavy (non-hydrogen) atoms. The molecule has 0 aromatic heterocycles. The van der Waals surface area contributed by atoms with Crippen LogP contribution in [-0.4, -0.2) is 36.5 Å². The third-order valence-electron chi connectivity index (χ3n) is 4.66. The first-order valence-corrected chi connectivity index (χ1v) is 9.07. The molecule has 1 fully saturated rings. The Balaban J connectivity index is 1.65. The lowest BCUT2D eigenvalue weighted by Gasteiger charge is -2.17. The van der Waals surface area contributed by atoms with Crippen LogP contribution in [0.25, 0.3) is 11.1 Å². The smallest absolute Gasteiger partial charge is 0.321 e. The lowest BCUT2D eigenvalue weighted by molar-refractivity contribution is -0.124. The molecular weight excluding hydrogens is 326 g/mol. The number of hydrogen-bond acceptors (Lipinski definition) is 2. The zero-order chi connectivity index (χ0) is 18.5. The molecule has 136 valence electrons. The van der Waals surface area contributed by atoms with Gasteiger partial charge >= 0.3 is 6.03 Å². The van der Waals surface area contributed by atoms with Gasteiger partial charge < -0.3 is 15.5 Å². The number of carbonyl (C=O) groups is 2. The van der Waals surface area contributed by atoms with Gasteiger partial charge in [-0.3, -0.25) is 4.79 Å². The molecule has 1 atom stereocenters. The van der Waals surface area contributed by atoms with Crippen molar-refractivity contribution in [3.63, 3.8) is 0 Å². The maximum Gasteiger partial charge on any atom is 0.321 e. The van der Waals surface area contributed by atoms with Crippen LogP contribution in [0.4, 0.5) is 10.5 Å². The van der Waals surface area contributed by atoms with Crippen molar-refractivity contribution in [2.24, 2.45) is 5.92 Å². The van der Waals surface area contributed by atoms with Gasteiger partial charge in [0.25, 0.3) is 0 Å². The Kier molecular flexibility index (Phi) is 5.56. The summed E-state index contributed by atoms with van der Waals surface area (Å²) in [4.78, 5) is 26.2. The van der Waals surface area contributed by atoms with Crippen LogP contribution in [0.2, 0.25) is 0 Å². The number of urea groups is 1. The Morgan fingerprint density at radius 2 is 1.85 bits per heavy atom. The minimum Gasteiger partial charge on any atom is -0.356 e. The second-order valence-corrected chi connectivity index (χ2v) is 6.71. The van der Waals surface area contributed by atoms with Crippen LogP contribution in [0.5, 0.6) is 0 Å². The third-order valence-corrected chi connectivity index (χ3v) is 4.66. The van der Waals surface area contributed by atoms with Crippen molar-refractivity contribution in [1.82, 2.24) is 10.2 Å². The molecule has 1 heterocycles. The number of likely N-dealkylation sites (tertiary alicyclic amines) is 1. The molecule has 3 rings (SSSR count). The summed E-state index contributed by atoms with van der Waals surface area (Å²) in [5.41, 5.74) is 4.15. The van der Waals surface area contributed by atoms with E-state index in [4.69, 9.17) is 0 Å². The van der Waals surface area contributed by atoms with Crippen LogP contribution in [-0.2, 0) is 4.79 Å². The summed E-state index contributed by atoms with van der Waals surface area (Å²) in [6, 6.07) is 16.0. The minimum absolute atomic E-state index is 0.0317. The molecule has 0 radical (unpaired) electrons. The van der Waals surface area contributed by atoms with E-state index in [9.17, 15) is 9.59 Å². The van der Waals surface area contributed by atoms with Crippen LogP contribution in [0.1, 0.15) is 18.9 Å². The van der Waals surface area contributed by atoms with Crippen LogP contribution < -0.4 is 10.6 Å². The van der Waals surface area contributed by atoms with E-state index in [-0.39, 0.29) is 17.9 Å². The molecule has 1 aliphatic heterocycles. The lowest BCUT2D eigenvalue weighted by atomic mass is 10.0. The van der Waals surface area contributed by atoms with E-state index in [0.29, 0.717) is 26.1 Å². The number of amides is 3. The van der Waals surface area contributed by atoms with Crippen LogP contribution in [0.3, 0.4) is 0 Å². The summed E-state index contributed by atoms with van der Waals surface area (Å²) < 4.78 is 0. The maximum absolute atomic E-state index is 12.5. The van der Waals surface area contributed by atoms with Gasteiger partial charge in [0.1, 0.15) is 0 Å². The second-order valence-electron chi connectivity index (χ2n) is 6.71. The topological polar surface area (TPSA) is 61.4 Å². The first kappa shape index (κ1) is 18.0. The summed E-state index contributed by atoms with van der Waals surface area (Å²) in [7, 11) is 0. The molecule has 0 spiro atoms. The van der Waals surface area contributed by atoms with Crippen molar-refractivity contribution < 1.29 is 9.59 Å². The van der Waals surface area contributed by atoms with Gasteiger partial charge in [-0.15, -0.1) is 0 Å². The van der Waals surface area contributed by atoms with Crippen molar-refractivity contribution in [2.45, 2.75) is 20.3 Å². The summed E-state index contributed by atoms with van der Waals surface area (Å²) in [6.07, 6.45) is 0.711. The highest BCUT2D eigenvalue weighted by Gasteiger charge is 2.30. The first-order chi connectivity index (χ1) is 12.6. The third kappa shape index (κ3) is 4.23. The molecule has 0 saturated carbocycles. The number of benzene rings is 2. The van der Waals surface area contributed by atoms with Gasteiger partial charge in [-0.05, 0) is 43.5 Å². The average Bonchev–Trinajstić information content (AvgIpc) is 3.13. The molecule has 1 saturated heterocycles. The van der Waals surface area contributed by atoms with Gasteiger partial charge in [0.2, 0.25) is 5.91 Å². The molecule has 0 aliphatic carbocycles. The Labute approximate surface area is 154 Å². The quantitative estimate of drug-likeness (QED) is 0.883. The van der Waals surface area contributed by atoms with E-state index in [1.807, 2.05) is 37.3 Å². The fourth-order valence-electron chi connectivity index (χ4n) is 3.28. The normalized spacial score (nSPS) is 16.4. The van der Waals surface area contributed by atoms with Gasteiger partial charge in [0.15, 0.2) is 0 Å². The van der Waals surface area contributed by atoms with Crippen molar-refractivity contribution in [3.05, 3.63) is 54.1 Å². The fraction of sp³-hybridized carbons (Fsp3) is 0.333. The molecule has 0 unspecified atom stereocenters. The van der Waals surface area contributed by atoms with Gasteiger partial charge in [-0.25, -0.2) is 4.79 Å². The molecule has 0 bridgehead atoms. The Bertz CT molecular complexity index is 803. The van der Waals surface area contributed by atoms with Crippen LogP contribution in [0.15, 0.2) is 48.5 Å². The van der Waals surface area contributed by atoms with E-state index < -0.39 is 0 Å². The van der Waals surface area contributed by atoms with Crippen molar-refractivity contribution in [3.8, 4) is 11.1 Å². The average molecular weight is 351 g/mol. The first-order valence-electron chi connectivity index (χ1n) is 9.07. The van der Waals surface area contributed by atoms with Crippen molar-refractivity contribution in [1.29, 1.82) is 0 Å². The van der Waals surface area contributed by atoms with Crippen LogP contribution >= 0.6 is 0 Å². The van der Waals surface area contributed by atoms with E-state index >= 15 is 0 Å². The Morgan fingerprint density at radius 3 is 2.58 bits per heavy atom. The standard InChI is InChI=1S/C21H25N3O2/c1-3-22-20(25)18-10-11-24(14-18)21(26)23-19-9-5-8-17(13-19)16-7-4-6-15(2)12-16/h4-9,12-13,18H,3,10-11,14H2,1-2H3,(H,22,25)(H,23,26)/t18-/m1/s1. The predicted octanol–water partition coefficient (Wildman–Crippen LogP) is 3.65. The van der Waals surface area contributed by atoms with E-state index in [0.717, 1.165) is 16.8 Å². The SMILES string of the molecule is CCNC(=O)[C@@H]1CCN(C(=O)Nc2cccc(-c3cccc(C)c3)c2)C1. The molecule has 3 amide bonds. The number of carbonyl (C=O) groups excluding carboxylic acids is 2. The highest BCUT2D eigenvalue weighted by atomic mass is 16.2. The zero-order valence-corrected chi connectivity index (χ0v) is 15.3. The summed E-state index contributed by atoms with van der Waals surface area (Å²) in [5.74, 6) is -0.0800. The summed E-state index contributed by atoms with van der Waals surface area (Å²) in [6.45, 7) is 5.65. The monoisotopic (exact) mass is 351 g/mol. The van der Waals surface area contributed by atoms with Crippen molar-refractivity contribution >= 4 is 17.6 Å². The molecule has 5 heteroatoms. The van der Waals surface area contributed by atoms with Gasteiger partial charge in [0, 0.05) is 25.3 Å². The molecule has 2 aromatic carbocycles. The van der Waals surface area contributed by atoms with E-state index in [1.165, 1.54) is 5.56 Å². The lowest BCUT2D eigenvalue weighted by Crippen LogP contribution is -2.36. The molecule has 5 nitrogen and oxygen atoms in total. The highest BCUT2D eigenvalue weighted by Crippen LogP contribution is 2.24. The maximum atomic E-state index is 12.5. The largest absolute Gasteiger partial charge is 0.356 e. The predicted molar refractivity (Wildman–Crippen MR) is 104 cm³/mol. The number of nitrogens with one attached hydrogen (secondary N) is 2. The summed E-state index contributed by atoms with van der Waals surface area (Å²) in [5, 5.41) is 5.78. The number of rotatable bonds is 4. The fourth-order valence-corrected chi connectivity index (χ4v) is 3.28. The number of nitrogens with zero attached hydrogens (tertiary/aromatic N) is 1. The molecule has 2 aromatic rings.